The predicted octanol–water partition coefficient (Wildman–Crippen LogP) is 2.04. The van der Waals surface area contributed by atoms with Crippen LogP contribution < -0.4 is 10.6 Å². The van der Waals surface area contributed by atoms with E-state index >= 15 is 0 Å². The second-order valence-electron chi connectivity index (χ2n) is 4.68. The van der Waals surface area contributed by atoms with E-state index in [1.54, 1.807) is 0 Å². The third-order valence-electron chi connectivity index (χ3n) is 3.16. The Labute approximate surface area is 108 Å². The maximum Gasteiger partial charge on any atom is 0.315 e. The Bertz CT molecular complexity index is 367. The highest BCUT2D eigenvalue weighted by Crippen LogP contribution is 2.13. The van der Waals surface area contributed by atoms with Gasteiger partial charge in [-0.05, 0) is 25.3 Å². The SMILES string of the molecule is CCC(C)(CCO)NC(=O)NCc1ccccc1. The van der Waals surface area contributed by atoms with E-state index < -0.39 is 0 Å². The van der Waals surface area contributed by atoms with E-state index in [9.17, 15) is 4.79 Å². The lowest BCUT2D eigenvalue weighted by atomic mass is 9.95. The summed E-state index contributed by atoms with van der Waals surface area (Å²) >= 11 is 0. The van der Waals surface area contributed by atoms with Crippen LogP contribution in [0, 0.1) is 0 Å². The first-order chi connectivity index (χ1) is 8.59. The fourth-order valence-corrected chi connectivity index (χ4v) is 1.67. The third-order valence-corrected chi connectivity index (χ3v) is 3.16. The van der Waals surface area contributed by atoms with Gasteiger partial charge in [-0.2, -0.15) is 0 Å². The molecule has 0 saturated heterocycles. The van der Waals surface area contributed by atoms with Crippen molar-refractivity contribution in [3.63, 3.8) is 0 Å². The second kappa shape index (κ2) is 7.01. The van der Waals surface area contributed by atoms with E-state index in [1.807, 2.05) is 44.2 Å². The van der Waals surface area contributed by atoms with Gasteiger partial charge in [-0.15, -0.1) is 0 Å². The zero-order valence-electron chi connectivity index (χ0n) is 11.1. The van der Waals surface area contributed by atoms with Gasteiger partial charge in [-0.3, -0.25) is 0 Å². The molecule has 0 bridgehead atoms. The van der Waals surface area contributed by atoms with Crippen molar-refractivity contribution in [3.05, 3.63) is 35.9 Å². The fraction of sp³-hybridized carbons (Fsp3) is 0.500. The molecule has 0 aliphatic carbocycles. The number of hydrogen-bond donors (Lipinski definition) is 3. The van der Waals surface area contributed by atoms with E-state index in [0.29, 0.717) is 13.0 Å². The number of urea groups is 1. The largest absolute Gasteiger partial charge is 0.396 e. The first-order valence-electron chi connectivity index (χ1n) is 6.30. The van der Waals surface area contributed by atoms with Crippen LogP contribution in [0.5, 0.6) is 0 Å². The summed E-state index contributed by atoms with van der Waals surface area (Å²) in [7, 11) is 0. The number of hydrogen-bond acceptors (Lipinski definition) is 2. The standard InChI is InChI=1S/C14H22N2O2/c1-3-14(2,9-10-17)16-13(18)15-11-12-7-5-4-6-8-12/h4-8,17H,3,9-11H2,1-2H3,(H2,15,16,18). The second-order valence-corrected chi connectivity index (χ2v) is 4.68. The Hall–Kier alpha value is -1.55. The average Bonchev–Trinajstić information content (AvgIpc) is 2.38. The first kappa shape index (κ1) is 14.5. The van der Waals surface area contributed by atoms with Crippen molar-refractivity contribution in [3.8, 4) is 0 Å². The van der Waals surface area contributed by atoms with Crippen LogP contribution in [-0.2, 0) is 6.54 Å². The Morgan fingerprint density at radius 2 is 2.00 bits per heavy atom. The quantitative estimate of drug-likeness (QED) is 0.723. The van der Waals surface area contributed by atoms with Crippen LogP contribution in [-0.4, -0.2) is 23.3 Å². The van der Waals surface area contributed by atoms with Gasteiger partial charge >= 0.3 is 6.03 Å². The Morgan fingerprint density at radius 1 is 1.33 bits per heavy atom. The van der Waals surface area contributed by atoms with Gasteiger partial charge in [0, 0.05) is 18.7 Å². The molecule has 18 heavy (non-hydrogen) atoms. The van der Waals surface area contributed by atoms with Gasteiger partial charge in [-0.1, -0.05) is 37.3 Å². The van der Waals surface area contributed by atoms with E-state index in [4.69, 9.17) is 5.11 Å². The van der Waals surface area contributed by atoms with Gasteiger partial charge in [0.15, 0.2) is 0 Å². The van der Waals surface area contributed by atoms with Crippen molar-refractivity contribution in [2.24, 2.45) is 0 Å². The molecule has 100 valence electrons. The molecular weight excluding hydrogens is 228 g/mol. The fourth-order valence-electron chi connectivity index (χ4n) is 1.67. The van der Waals surface area contributed by atoms with Gasteiger partial charge in [-0.25, -0.2) is 4.79 Å². The lowest BCUT2D eigenvalue weighted by molar-refractivity contribution is 0.200. The highest BCUT2D eigenvalue weighted by atomic mass is 16.3. The Morgan fingerprint density at radius 3 is 2.56 bits per heavy atom. The summed E-state index contributed by atoms with van der Waals surface area (Å²) in [6, 6.07) is 9.56. The molecule has 4 nitrogen and oxygen atoms in total. The van der Waals surface area contributed by atoms with E-state index in [0.717, 1.165) is 12.0 Å². The summed E-state index contributed by atoms with van der Waals surface area (Å²) in [6.07, 6.45) is 1.34. The van der Waals surface area contributed by atoms with Crippen molar-refractivity contribution in [2.75, 3.05) is 6.61 Å². The molecule has 0 radical (unpaired) electrons. The molecule has 0 spiro atoms. The average molecular weight is 250 g/mol. The minimum atomic E-state index is -0.352. The summed E-state index contributed by atoms with van der Waals surface area (Å²) in [6.45, 7) is 4.51. The van der Waals surface area contributed by atoms with Crippen LogP contribution in [0.15, 0.2) is 30.3 Å². The smallest absolute Gasteiger partial charge is 0.315 e. The van der Waals surface area contributed by atoms with Crippen LogP contribution >= 0.6 is 0 Å². The molecule has 0 aromatic heterocycles. The van der Waals surface area contributed by atoms with Crippen LogP contribution in [0.3, 0.4) is 0 Å². The van der Waals surface area contributed by atoms with Crippen LogP contribution in [0.2, 0.25) is 0 Å². The molecule has 0 aliphatic heterocycles. The monoisotopic (exact) mass is 250 g/mol. The number of carbonyl (C=O) groups excluding carboxylic acids is 1. The molecule has 0 aliphatic rings. The van der Waals surface area contributed by atoms with Crippen molar-refractivity contribution in [2.45, 2.75) is 38.8 Å². The van der Waals surface area contributed by atoms with E-state index in [2.05, 4.69) is 10.6 Å². The third kappa shape index (κ3) is 4.75. The molecule has 4 heteroatoms. The number of aliphatic hydroxyl groups excluding tert-OH is 1. The molecule has 0 heterocycles. The number of carbonyl (C=O) groups is 1. The minimum absolute atomic E-state index is 0.0727. The summed E-state index contributed by atoms with van der Waals surface area (Å²) in [5, 5.41) is 14.7. The number of amides is 2. The van der Waals surface area contributed by atoms with Crippen molar-refractivity contribution < 1.29 is 9.90 Å². The Kier molecular flexibility index (Phi) is 5.65. The van der Waals surface area contributed by atoms with Gasteiger partial charge in [0.1, 0.15) is 0 Å². The molecule has 1 aromatic rings. The number of benzene rings is 1. The normalized spacial score (nSPS) is 13.7. The van der Waals surface area contributed by atoms with Crippen LogP contribution in [0.4, 0.5) is 4.79 Å². The topological polar surface area (TPSA) is 61.4 Å². The minimum Gasteiger partial charge on any atom is -0.396 e. The maximum atomic E-state index is 11.8. The zero-order valence-corrected chi connectivity index (χ0v) is 11.1. The zero-order chi connectivity index (χ0) is 13.4. The molecular formula is C14H22N2O2. The van der Waals surface area contributed by atoms with Gasteiger partial charge in [0.25, 0.3) is 0 Å². The molecule has 3 N–H and O–H groups in total. The van der Waals surface area contributed by atoms with Crippen molar-refractivity contribution >= 4 is 6.03 Å². The summed E-state index contributed by atoms with van der Waals surface area (Å²) < 4.78 is 0. The summed E-state index contributed by atoms with van der Waals surface area (Å²) in [5.74, 6) is 0. The Balaban J connectivity index is 2.41. The lowest BCUT2D eigenvalue weighted by Crippen LogP contribution is -2.50. The maximum absolute atomic E-state index is 11.8. The molecule has 0 fully saturated rings. The summed E-state index contributed by atoms with van der Waals surface area (Å²) in [5.41, 5.74) is 0.711. The van der Waals surface area contributed by atoms with Crippen molar-refractivity contribution in [1.29, 1.82) is 0 Å². The van der Waals surface area contributed by atoms with E-state index in [1.165, 1.54) is 0 Å². The van der Waals surface area contributed by atoms with Crippen LogP contribution in [0.25, 0.3) is 0 Å². The molecule has 1 unspecified atom stereocenters. The molecule has 2 amide bonds. The van der Waals surface area contributed by atoms with Crippen molar-refractivity contribution in [1.82, 2.24) is 10.6 Å². The van der Waals surface area contributed by atoms with Gasteiger partial charge in [0.2, 0.25) is 0 Å². The molecule has 1 rings (SSSR count). The number of rotatable bonds is 6. The highest BCUT2D eigenvalue weighted by molar-refractivity contribution is 5.74. The predicted molar refractivity (Wildman–Crippen MR) is 72.2 cm³/mol. The number of aliphatic hydroxyl groups is 1. The first-order valence-corrected chi connectivity index (χ1v) is 6.30. The molecule has 0 saturated carbocycles. The van der Waals surface area contributed by atoms with E-state index in [-0.39, 0.29) is 18.2 Å². The van der Waals surface area contributed by atoms with Crippen LogP contribution in [0.1, 0.15) is 32.3 Å². The highest BCUT2D eigenvalue weighted by Gasteiger charge is 2.23. The number of nitrogens with one attached hydrogen (secondary N) is 2. The molecule has 1 atom stereocenters. The van der Waals surface area contributed by atoms with Gasteiger partial charge in [0.05, 0.1) is 0 Å². The lowest BCUT2D eigenvalue weighted by Gasteiger charge is -2.29. The molecule has 1 aromatic carbocycles. The van der Waals surface area contributed by atoms with Gasteiger partial charge < -0.3 is 15.7 Å². The summed E-state index contributed by atoms with van der Waals surface area (Å²) in [4.78, 5) is 11.8.